The fraction of sp³-hybridized carbons (Fsp3) is 0.500. The number of methoxy groups -OCH3 is 2. The summed E-state index contributed by atoms with van der Waals surface area (Å²) in [4.78, 5) is 11.7. The van der Waals surface area contributed by atoms with Crippen LogP contribution in [0.5, 0.6) is 0 Å². The van der Waals surface area contributed by atoms with Crippen LogP contribution in [0.3, 0.4) is 0 Å². The molecular formula is C14H21NO3. The van der Waals surface area contributed by atoms with E-state index >= 15 is 0 Å². The maximum Gasteiger partial charge on any atom is 0.277 e. The zero-order chi connectivity index (χ0) is 13.5. The Balaban J connectivity index is 2.68. The first-order chi connectivity index (χ1) is 8.62. The largest absolute Gasteiger partial charge is 0.348 e. The van der Waals surface area contributed by atoms with Crippen LogP contribution >= 0.6 is 0 Å². The lowest BCUT2D eigenvalue weighted by Gasteiger charge is -2.15. The Morgan fingerprint density at radius 3 is 2.50 bits per heavy atom. The fourth-order valence-corrected chi connectivity index (χ4v) is 1.84. The van der Waals surface area contributed by atoms with E-state index in [1.54, 1.807) is 0 Å². The first kappa shape index (κ1) is 14.7. The molecule has 1 N–H and O–H groups in total. The number of aryl methyl sites for hydroxylation is 2. The van der Waals surface area contributed by atoms with Crippen LogP contribution in [-0.4, -0.2) is 26.4 Å². The molecule has 4 heteroatoms. The highest BCUT2D eigenvalue weighted by atomic mass is 16.7. The molecule has 0 heterocycles. The molecule has 1 aromatic carbocycles. The van der Waals surface area contributed by atoms with Crippen molar-refractivity contribution in [3.05, 3.63) is 34.9 Å². The van der Waals surface area contributed by atoms with E-state index in [2.05, 4.69) is 30.4 Å². The highest BCUT2D eigenvalue weighted by molar-refractivity contribution is 5.79. The number of amides is 1. The van der Waals surface area contributed by atoms with Gasteiger partial charge in [0.05, 0.1) is 0 Å². The van der Waals surface area contributed by atoms with Gasteiger partial charge in [0.15, 0.2) is 0 Å². The second-order valence-electron chi connectivity index (χ2n) is 4.15. The van der Waals surface area contributed by atoms with Gasteiger partial charge in [0, 0.05) is 20.8 Å². The van der Waals surface area contributed by atoms with Crippen molar-refractivity contribution in [1.29, 1.82) is 0 Å². The van der Waals surface area contributed by atoms with Gasteiger partial charge in [-0.2, -0.15) is 0 Å². The van der Waals surface area contributed by atoms with Crippen molar-refractivity contribution in [2.45, 2.75) is 33.1 Å². The average Bonchev–Trinajstić information content (AvgIpc) is 2.38. The molecule has 1 amide bonds. The Kier molecular flexibility index (Phi) is 5.82. The molecule has 1 rings (SSSR count). The van der Waals surface area contributed by atoms with Gasteiger partial charge < -0.3 is 14.8 Å². The number of hydrogen-bond donors (Lipinski definition) is 1. The molecule has 18 heavy (non-hydrogen) atoms. The Morgan fingerprint density at radius 1 is 1.28 bits per heavy atom. The van der Waals surface area contributed by atoms with Crippen LogP contribution in [0.25, 0.3) is 0 Å². The van der Waals surface area contributed by atoms with Gasteiger partial charge in [0.25, 0.3) is 5.91 Å². The summed E-state index contributed by atoms with van der Waals surface area (Å²) in [6, 6.07) is 6.27. The maximum atomic E-state index is 11.7. The summed E-state index contributed by atoms with van der Waals surface area (Å²) in [7, 11) is 2.88. The third kappa shape index (κ3) is 3.82. The molecule has 0 spiro atoms. The molecule has 0 atom stereocenters. The van der Waals surface area contributed by atoms with Crippen LogP contribution in [0.1, 0.15) is 23.6 Å². The molecule has 0 aliphatic heterocycles. The van der Waals surface area contributed by atoms with E-state index in [0.717, 1.165) is 12.0 Å². The summed E-state index contributed by atoms with van der Waals surface area (Å²) in [6.45, 7) is 4.63. The van der Waals surface area contributed by atoms with Crippen LogP contribution in [-0.2, 0) is 27.2 Å². The quantitative estimate of drug-likeness (QED) is 0.784. The number of ether oxygens (including phenoxy) is 2. The van der Waals surface area contributed by atoms with Crippen molar-refractivity contribution in [2.24, 2.45) is 0 Å². The van der Waals surface area contributed by atoms with Gasteiger partial charge in [-0.05, 0) is 24.5 Å². The summed E-state index contributed by atoms with van der Waals surface area (Å²) >= 11 is 0. The third-order valence-electron chi connectivity index (χ3n) is 2.84. The fourth-order valence-electron chi connectivity index (χ4n) is 1.84. The van der Waals surface area contributed by atoms with Crippen molar-refractivity contribution < 1.29 is 14.3 Å². The molecule has 0 aromatic heterocycles. The molecule has 0 unspecified atom stereocenters. The van der Waals surface area contributed by atoms with Crippen LogP contribution in [0.2, 0.25) is 0 Å². The number of carbonyl (C=O) groups excluding carboxylic acids is 1. The van der Waals surface area contributed by atoms with Gasteiger partial charge in [0.2, 0.25) is 6.29 Å². The van der Waals surface area contributed by atoms with Gasteiger partial charge >= 0.3 is 0 Å². The van der Waals surface area contributed by atoms with E-state index in [-0.39, 0.29) is 5.91 Å². The topological polar surface area (TPSA) is 47.6 Å². The highest BCUT2D eigenvalue weighted by Crippen LogP contribution is 2.12. The first-order valence-corrected chi connectivity index (χ1v) is 6.04. The molecule has 0 bridgehead atoms. The Hall–Kier alpha value is -1.39. The molecule has 100 valence electrons. The third-order valence-corrected chi connectivity index (χ3v) is 2.84. The van der Waals surface area contributed by atoms with Gasteiger partial charge in [-0.3, -0.25) is 4.79 Å². The minimum Gasteiger partial charge on any atom is -0.348 e. The van der Waals surface area contributed by atoms with Gasteiger partial charge in [0.1, 0.15) is 0 Å². The molecular weight excluding hydrogens is 230 g/mol. The van der Waals surface area contributed by atoms with E-state index < -0.39 is 6.29 Å². The number of nitrogens with one attached hydrogen (secondary N) is 1. The maximum absolute atomic E-state index is 11.7. The van der Waals surface area contributed by atoms with E-state index in [9.17, 15) is 4.79 Å². The second-order valence-corrected chi connectivity index (χ2v) is 4.15. The molecule has 4 nitrogen and oxygen atoms in total. The second kappa shape index (κ2) is 7.13. The molecule has 0 fully saturated rings. The minimum atomic E-state index is -0.847. The van der Waals surface area contributed by atoms with Crippen LogP contribution < -0.4 is 5.32 Å². The van der Waals surface area contributed by atoms with Crippen molar-refractivity contribution in [3.8, 4) is 0 Å². The van der Waals surface area contributed by atoms with Crippen molar-refractivity contribution >= 4 is 5.91 Å². The molecule has 0 saturated heterocycles. The van der Waals surface area contributed by atoms with E-state index in [1.807, 2.05) is 6.92 Å². The van der Waals surface area contributed by atoms with Crippen molar-refractivity contribution in [1.82, 2.24) is 5.32 Å². The van der Waals surface area contributed by atoms with Gasteiger partial charge in [-0.1, -0.05) is 30.7 Å². The van der Waals surface area contributed by atoms with Crippen LogP contribution in [0.4, 0.5) is 0 Å². The molecule has 1 aromatic rings. The van der Waals surface area contributed by atoms with Crippen molar-refractivity contribution in [3.63, 3.8) is 0 Å². The Bertz CT molecular complexity index is 400. The van der Waals surface area contributed by atoms with Gasteiger partial charge in [-0.15, -0.1) is 0 Å². The summed E-state index contributed by atoms with van der Waals surface area (Å²) in [6.07, 6.45) is 0.101. The van der Waals surface area contributed by atoms with E-state index in [1.165, 1.54) is 25.3 Å². The molecule has 0 radical (unpaired) electrons. The predicted molar refractivity (Wildman–Crippen MR) is 70.2 cm³/mol. The van der Waals surface area contributed by atoms with E-state index in [0.29, 0.717) is 6.54 Å². The summed E-state index contributed by atoms with van der Waals surface area (Å²) < 4.78 is 9.79. The summed E-state index contributed by atoms with van der Waals surface area (Å²) in [5.74, 6) is -0.261. The standard InChI is InChI=1S/C14H21NO3/c1-5-11-7-6-10(2)8-12(11)9-15-13(16)14(17-3)18-4/h6-8,14H,5,9H2,1-4H3,(H,15,16). The molecule has 0 saturated carbocycles. The first-order valence-electron chi connectivity index (χ1n) is 6.04. The summed E-state index contributed by atoms with van der Waals surface area (Å²) in [5, 5.41) is 2.81. The lowest BCUT2D eigenvalue weighted by atomic mass is 10.0. The SMILES string of the molecule is CCc1ccc(C)cc1CNC(=O)C(OC)OC. The smallest absolute Gasteiger partial charge is 0.277 e. The van der Waals surface area contributed by atoms with Crippen molar-refractivity contribution in [2.75, 3.05) is 14.2 Å². The zero-order valence-electron chi connectivity index (χ0n) is 11.4. The lowest BCUT2D eigenvalue weighted by molar-refractivity contribution is -0.159. The molecule has 0 aliphatic carbocycles. The Morgan fingerprint density at radius 2 is 1.94 bits per heavy atom. The lowest BCUT2D eigenvalue weighted by Crippen LogP contribution is -2.36. The average molecular weight is 251 g/mol. The molecule has 0 aliphatic rings. The number of rotatable bonds is 6. The predicted octanol–water partition coefficient (Wildman–Crippen LogP) is 1.79. The highest BCUT2D eigenvalue weighted by Gasteiger charge is 2.16. The van der Waals surface area contributed by atoms with E-state index in [4.69, 9.17) is 9.47 Å². The number of benzene rings is 1. The van der Waals surface area contributed by atoms with Gasteiger partial charge in [-0.25, -0.2) is 0 Å². The Labute approximate surface area is 108 Å². The number of carbonyl (C=O) groups is 1. The monoisotopic (exact) mass is 251 g/mol. The minimum absolute atomic E-state index is 0.261. The van der Waals surface area contributed by atoms with Crippen LogP contribution in [0.15, 0.2) is 18.2 Å². The number of hydrogen-bond acceptors (Lipinski definition) is 3. The zero-order valence-corrected chi connectivity index (χ0v) is 11.4. The normalized spacial score (nSPS) is 10.7. The van der Waals surface area contributed by atoms with Crippen LogP contribution in [0, 0.1) is 6.92 Å². The summed E-state index contributed by atoms with van der Waals surface area (Å²) in [5.41, 5.74) is 3.57.